The van der Waals surface area contributed by atoms with Gasteiger partial charge in [-0.25, -0.2) is 13.8 Å². The van der Waals surface area contributed by atoms with Crippen molar-refractivity contribution in [2.75, 3.05) is 0 Å². The Kier molecular flexibility index (Phi) is 5.98. The molecule has 1 rings (SSSR count). The monoisotopic (exact) mass is 502 g/mol. The summed E-state index contributed by atoms with van der Waals surface area (Å²) in [5.74, 6) is -12.1. The second kappa shape index (κ2) is 6.91. The van der Waals surface area contributed by atoms with Crippen molar-refractivity contribution in [2.24, 2.45) is 0 Å². The van der Waals surface area contributed by atoms with Gasteiger partial charge in [0.15, 0.2) is 0 Å². The van der Waals surface area contributed by atoms with Crippen LogP contribution in [0.3, 0.4) is 0 Å². The minimum absolute atomic E-state index is 1.14. The Morgan fingerprint density at radius 3 is 1.10 bits per heavy atom. The fraction of sp³-hybridized carbons (Fsp3) is 0.636. The first-order valence-electron chi connectivity index (χ1n) is 6.55. The minimum Gasteiger partial charge on any atom is -0.221 e. The van der Waals surface area contributed by atoms with E-state index < -0.39 is 65.2 Å². The molecule has 0 aliphatic carbocycles. The van der Waals surface area contributed by atoms with Crippen molar-refractivity contribution in [2.45, 2.75) is 42.0 Å². The SMILES string of the molecule is Fc1nc(F)c(C(F)(C(F)(F)F)C(F)(F)C(F)(F)F)c(C(F)(C(F)(F)F)C(F)(F)F)n1. The average Bonchev–Trinajstić information content (AvgIpc) is 2.47. The zero-order valence-corrected chi connectivity index (χ0v) is 13.2. The molecule has 20 heteroatoms. The molecular weight excluding hydrogens is 502 g/mol. The molecular formula is C11F18N2. The van der Waals surface area contributed by atoms with Crippen LogP contribution in [0.2, 0.25) is 0 Å². The summed E-state index contributed by atoms with van der Waals surface area (Å²) in [5, 5.41) is 0. The molecule has 1 unspecified atom stereocenters. The quantitative estimate of drug-likeness (QED) is 0.290. The molecule has 2 nitrogen and oxygen atoms in total. The maximum atomic E-state index is 14.3. The maximum absolute atomic E-state index is 14.3. The van der Waals surface area contributed by atoms with E-state index in [-0.39, 0.29) is 0 Å². The van der Waals surface area contributed by atoms with Gasteiger partial charge in [-0.2, -0.15) is 75.2 Å². The second-order valence-electron chi connectivity index (χ2n) is 5.39. The molecule has 0 bridgehead atoms. The van der Waals surface area contributed by atoms with Crippen LogP contribution in [0.15, 0.2) is 0 Å². The minimum atomic E-state index is -8.06. The molecule has 180 valence electrons. The third-order valence-corrected chi connectivity index (χ3v) is 3.47. The van der Waals surface area contributed by atoms with E-state index in [0.29, 0.717) is 0 Å². The van der Waals surface area contributed by atoms with Crippen molar-refractivity contribution in [1.82, 2.24) is 9.97 Å². The number of nitrogens with zero attached hydrogens (tertiary/aromatic N) is 2. The van der Waals surface area contributed by atoms with Gasteiger partial charge in [0.2, 0.25) is 5.95 Å². The van der Waals surface area contributed by atoms with Crippen LogP contribution >= 0.6 is 0 Å². The fourth-order valence-corrected chi connectivity index (χ4v) is 2.06. The Bertz CT molecular complexity index is 815. The molecule has 1 heterocycles. The second-order valence-corrected chi connectivity index (χ2v) is 5.39. The van der Waals surface area contributed by atoms with Gasteiger partial charge in [0.25, 0.3) is 0 Å². The normalized spacial score (nSPS) is 17.0. The van der Waals surface area contributed by atoms with Crippen molar-refractivity contribution in [3.63, 3.8) is 0 Å². The molecule has 0 radical (unpaired) electrons. The van der Waals surface area contributed by atoms with E-state index in [9.17, 15) is 79.0 Å². The van der Waals surface area contributed by atoms with Gasteiger partial charge in [-0.1, -0.05) is 0 Å². The molecule has 0 aliphatic heterocycles. The summed E-state index contributed by atoms with van der Waals surface area (Å²) in [4.78, 5) is 2.44. The molecule has 1 atom stereocenters. The largest absolute Gasteiger partial charge is 0.457 e. The smallest absolute Gasteiger partial charge is 0.221 e. The first kappa shape index (κ1) is 26.9. The Labute approximate surface area is 155 Å². The van der Waals surface area contributed by atoms with E-state index in [0.717, 1.165) is 4.98 Å². The third-order valence-electron chi connectivity index (χ3n) is 3.47. The topological polar surface area (TPSA) is 25.8 Å². The zero-order chi connectivity index (χ0) is 25.2. The lowest BCUT2D eigenvalue weighted by atomic mass is 9.82. The molecule has 1 aromatic rings. The first-order valence-corrected chi connectivity index (χ1v) is 6.55. The number of halogens is 18. The van der Waals surface area contributed by atoms with Crippen LogP contribution in [0.1, 0.15) is 11.3 Å². The molecule has 0 aliphatic rings. The molecule has 0 aromatic carbocycles. The number of aromatic nitrogens is 2. The molecule has 0 N–H and O–H groups in total. The van der Waals surface area contributed by atoms with Crippen molar-refractivity contribution in [3.8, 4) is 0 Å². The molecule has 0 saturated carbocycles. The highest BCUT2D eigenvalue weighted by Crippen LogP contribution is 2.62. The van der Waals surface area contributed by atoms with Gasteiger partial charge < -0.3 is 0 Å². The summed E-state index contributed by atoms with van der Waals surface area (Å²) in [6, 6.07) is 0. The van der Waals surface area contributed by atoms with Crippen LogP contribution in [-0.2, 0) is 11.3 Å². The Hall–Kier alpha value is -2.18. The summed E-state index contributed by atoms with van der Waals surface area (Å²) in [6.45, 7) is 0. The van der Waals surface area contributed by atoms with Gasteiger partial charge in [-0.15, -0.1) is 0 Å². The average molecular weight is 502 g/mol. The summed E-state index contributed by atoms with van der Waals surface area (Å²) in [5.41, 5.74) is -24.6. The van der Waals surface area contributed by atoms with E-state index in [2.05, 4.69) is 0 Å². The fourth-order valence-electron chi connectivity index (χ4n) is 2.06. The number of alkyl halides is 16. The van der Waals surface area contributed by atoms with E-state index in [1.165, 1.54) is 4.98 Å². The lowest BCUT2D eigenvalue weighted by Gasteiger charge is -2.38. The van der Waals surface area contributed by atoms with Crippen molar-refractivity contribution in [3.05, 3.63) is 23.3 Å². The van der Waals surface area contributed by atoms with Gasteiger partial charge in [0.1, 0.15) is 5.69 Å². The Morgan fingerprint density at radius 2 is 0.806 bits per heavy atom. The van der Waals surface area contributed by atoms with Crippen LogP contribution in [0.5, 0.6) is 0 Å². The standard InChI is InChI=1S/C11F18N2/c12-3-1(5(14,8(18,19)20)7(16,17)11(27,28)29)2(30-4(13)31-3)6(15,9(21,22)23)10(24,25)26. The van der Waals surface area contributed by atoms with Gasteiger partial charge >= 0.3 is 48.0 Å². The highest BCUT2D eigenvalue weighted by molar-refractivity contribution is 5.37. The van der Waals surface area contributed by atoms with Crippen LogP contribution in [0.4, 0.5) is 79.0 Å². The van der Waals surface area contributed by atoms with Gasteiger partial charge in [-0.05, 0) is 0 Å². The van der Waals surface area contributed by atoms with Crippen molar-refractivity contribution < 1.29 is 79.0 Å². The van der Waals surface area contributed by atoms with Crippen molar-refractivity contribution in [1.29, 1.82) is 0 Å². The summed E-state index contributed by atoms with van der Waals surface area (Å²) >= 11 is 0. The summed E-state index contributed by atoms with van der Waals surface area (Å²) < 4.78 is 234. The van der Waals surface area contributed by atoms with Crippen LogP contribution < -0.4 is 0 Å². The van der Waals surface area contributed by atoms with Crippen molar-refractivity contribution >= 4 is 0 Å². The summed E-state index contributed by atoms with van der Waals surface area (Å²) in [7, 11) is 0. The highest BCUT2D eigenvalue weighted by Gasteiger charge is 2.85. The maximum Gasteiger partial charge on any atom is 0.457 e. The predicted molar refractivity (Wildman–Crippen MR) is 56.7 cm³/mol. The van der Waals surface area contributed by atoms with Crippen LogP contribution in [0, 0.1) is 12.0 Å². The lowest BCUT2D eigenvalue weighted by Crippen LogP contribution is -2.62. The molecule has 1 aromatic heterocycles. The Morgan fingerprint density at radius 1 is 0.452 bits per heavy atom. The van der Waals surface area contributed by atoms with Gasteiger partial charge in [0, 0.05) is 0 Å². The zero-order valence-electron chi connectivity index (χ0n) is 13.2. The molecule has 0 saturated heterocycles. The molecule has 0 spiro atoms. The van der Waals surface area contributed by atoms with Gasteiger partial charge in [-0.3, -0.25) is 0 Å². The molecule has 0 amide bonds. The predicted octanol–water partition coefficient (Wildman–Crippen LogP) is 5.97. The summed E-state index contributed by atoms with van der Waals surface area (Å²) in [6.07, 6.45) is -34.3. The molecule has 31 heavy (non-hydrogen) atoms. The van der Waals surface area contributed by atoms with Crippen LogP contribution in [0.25, 0.3) is 0 Å². The Balaban J connectivity index is 4.42. The van der Waals surface area contributed by atoms with E-state index in [1.807, 2.05) is 0 Å². The van der Waals surface area contributed by atoms with E-state index >= 15 is 0 Å². The third kappa shape index (κ3) is 3.70. The van der Waals surface area contributed by atoms with Crippen LogP contribution in [-0.4, -0.2) is 40.6 Å². The number of hydrogen-bond acceptors (Lipinski definition) is 2. The number of rotatable bonds is 3. The highest BCUT2D eigenvalue weighted by atomic mass is 19.4. The first-order chi connectivity index (χ1) is 13.3. The number of hydrogen-bond donors (Lipinski definition) is 0. The van der Waals surface area contributed by atoms with E-state index in [1.54, 1.807) is 0 Å². The lowest BCUT2D eigenvalue weighted by molar-refractivity contribution is -0.392. The molecule has 0 fully saturated rings. The van der Waals surface area contributed by atoms with E-state index in [4.69, 9.17) is 0 Å². The van der Waals surface area contributed by atoms with Gasteiger partial charge in [0.05, 0.1) is 5.56 Å².